The molecule has 2 N–H and O–H groups in total. The number of esters is 1. The summed E-state index contributed by atoms with van der Waals surface area (Å²) in [6, 6.07) is 17.1. The quantitative estimate of drug-likeness (QED) is 0.654. The molecule has 0 bridgehead atoms. The average molecular weight is 403 g/mol. The lowest BCUT2D eigenvalue weighted by Gasteiger charge is -2.33. The molecular weight excluding hydrogens is 378 g/mol. The average Bonchev–Trinajstić information content (AvgIpc) is 2.78. The normalized spacial score (nSPS) is 17.5. The molecule has 4 rings (SSSR count). The van der Waals surface area contributed by atoms with E-state index in [-0.39, 0.29) is 17.8 Å². The summed E-state index contributed by atoms with van der Waals surface area (Å²) in [5.74, 6) is -0.757. The van der Waals surface area contributed by atoms with E-state index in [0.717, 1.165) is 41.5 Å². The zero-order valence-electron chi connectivity index (χ0n) is 17.0. The fourth-order valence-corrected chi connectivity index (χ4v) is 3.86. The van der Waals surface area contributed by atoms with Crippen molar-refractivity contribution < 1.29 is 14.3 Å². The Morgan fingerprint density at radius 3 is 2.70 bits per heavy atom. The molecule has 1 saturated heterocycles. The van der Waals surface area contributed by atoms with Gasteiger partial charge in [0.05, 0.1) is 17.0 Å². The van der Waals surface area contributed by atoms with Gasteiger partial charge in [-0.15, -0.1) is 0 Å². The van der Waals surface area contributed by atoms with E-state index in [1.165, 1.54) is 0 Å². The minimum atomic E-state index is -0.410. The van der Waals surface area contributed by atoms with Crippen molar-refractivity contribution in [1.82, 2.24) is 4.98 Å². The van der Waals surface area contributed by atoms with Gasteiger partial charge in [0.2, 0.25) is 5.91 Å². The molecule has 2 heterocycles. The molecule has 0 radical (unpaired) electrons. The Hall–Kier alpha value is -3.41. The fraction of sp³-hybridized carbons (Fsp3) is 0.292. The third-order valence-corrected chi connectivity index (χ3v) is 5.66. The highest BCUT2D eigenvalue weighted by molar-refractivity contribution is 5.90. The SMILES string of the molecule is CC(OC(=O)c1ccc(N2CCCC(C(N)=O)C2)cc1)c1cnc2ccccc2c1. The molecule has 1 aliphatic heterocycles. The fourth-order valence-electron chi connectivity index (χ4n) is 3.86. The number of amides is 1. The molecule has 1 aromatic heterocycles. The summed E-state index contributed by atoms with van der Waals surface area (Å²) in [6.45, 7) is 3.33. The second-order valence-electron chi connectivity index (χ2n) is 7.74. The van der Waals surface area contributed by atoms with Crippen LogP contribution >= 0.6 is 0 Å². The summed E-state index contributed by atoms with van der Waals surface area (Å²) in [7, 11) is 0. The first-order chi connectivity index (χ1) is 14.5. The van der Waals surface area contributed by atoms with Crippen LogP contribution in [-0.4, -0.2) is 29.9 Å². The maximum Gasteiger partial charge on any atom is 0.338 e. The molecule has 1 fully saturated rings. The number of hydrogen-bond donors (Lipinski definition) is 1. The van der Waals surface area contributed by atoms with E-state index in [1.807, 2.05) is 49.4 Å². The number of primary amides is 1. The highest BCUT2D eigenvalue weighted by Gasteiger charge is 2.24. The molecular formula is C24H25N3O3. The van der Waals surface area contributed by atoms with Crippen molar-refractivity contribution in [2.75, 3.05) is 18.0 Å². The van der Waals surface area contributed by atoms with Crippen molar-refractivity contribution in [3.8, 4) is 0 Å². The van der Waals surface area contributed by atoms with Gasteiger partial charge in [0.25, 0.3) is 0 Å². The third kappa shape index (κ3) is 4.27. The largest absolute Gasteiger partial charge is 0.454 e. The van der Waals surface area contributed by atoms with E-state index >= 15 is 0 Å². The second kappa shape index (κ2) is 8.53. The maximum atomic E-state index is 12.6. The van der Waals surface area contributed by atoms with E-state index in [1.54, 1.807) is 18.3 Å². The van der Waals surface area contributed by atoms with Gasteiger partial charge >= 0.3 is 5.97 Å². The number of benzene rings is 2. The van der Waals surface area contributed by atoms with Gasteiger partial charge in [0.1, 0.15) is 6.10 Å². The van der Waals surface area contributed by atoms with E-state index in [2.05, 4.69) is 9.88 Å². The molecule has 0 aliphatic carbocycles. The van der Waals surface area contributed by atoms with Crippen molar-refractivity contribution in [2.24, 2.45) is 11.7 Å². The topological polar surface area (TPSA) is 85.5 Å². The molecule has 6 nitrogen and oxygen atoms in total. The van der Waals surface area contributed by atoms with Crippen LogP contribution in [0.25, 0.3) is 10.9 Å². The van der Waals surface area contributed by atoms with Gasteiger partial charge < -0.3 is 15.4 Å². The number of hydrogen-bond acceptors (Lipinski definition) is 5. The predicted molar refractivity (Wildman–Crippen MR) is 116 cm³/mol. The van der Waals surface area contributed by atoms with Crippen molar-refractivity contribution in [2.45, 2.75) is 25.9 Å². The lowest BCUT2D eigenvalue weighted by atomic mass is 9.97. The summed E-state index contributed by atoms with van der Waals surface area (Å²) >= 11 is 0. The Labute approximate surface area is 175 Å². The van der Waals surface area contributed by atoms with Crippen molar-refractivity contribution in [3.05, 3.63) is 71.9 Å². The number of nitrogens with two attached hydrogens (primary N) is 1. The zero-order chi connectivity index (χ0) is 21.1. The van der Waals surface area contributed by atoms with Gasteiger partial charge in [-0.3, -0.25) is 9.78 Å². The van der Waals surface area contributed by atoms with Crippen LogP contribution in [0, 0.1) is 5.92 Å². The Bertz CT molecular complexity index is 1060. The van der Waals surface area contributed by atoms with Gasteiger partial charge in [-0.25, -0.2) is 4.79 Å². The number of anilines is 1. The number of para-hydroxylation sites is 1. The number of ether oxygens (including phenoxy) is 1. The minimum absolute atomic E-state index is 0.125. The molecule has 1 amide bonds. The number of piperidine rings is 1. The van der Waals surface area contributed by atoms with Crippen LogP contribution in [0.2, 0.25) is 0 Å². The summed E-state index contributed by atoms with van der Waals surface area (Å²) < 4.78 is 5.65. The van der Waals surface area contributed by atoms with Gasteiger partial charge in [0.15, 0.2) is 0 Å². The number of aromatic nitrogens is 1. The first kappa shape index (κ1) is 19.9. The van der Waals surface area contributed by atoms with Crippen molar-refractivity contribution in [1.29, 1.82) is 0 Å². The molecule has 2 unspecified atom stereocenters. The van der Waals surface area contributed by atoms with E-state index in [4.69, 9.17) is 10.5 Å². The van der Waals surface area contributed by atoms with Crippen LogP contribution in [0.15, 0.2) is 60.8 Å². The molecule has 154 valence electrons. The van der Waals surface area contributed by atoms with Crippen molar-refractivity contribution >= 4 is 28.5 Å². The van der Waals surface area contributed by atoms with Crippen LogP contribution in [0.1, 0.15) is 41.8 Å². The zero-order valence-corrected chi connectivity index (χ0v) is 17.0. The molecule has 0 saturated carbocycles. The third-order valence-electron chi connectivity index (χ3n) is 5.66. The van der Waals surface area contributed by atoms with E-state index in [0.29, 0.717) is 12.1 Å². The van der Waals surface area contributed by atoms with Crippen LogP contribution in [0.5, 0.6) is 0 Å². The van der Waals surface area contributed by atoms with Gasteiger partial charge in [-0.05, 0) is 56.2 Å². The van der Waals surface area contributed by atoms with Crippen molar-refractivity contribution in [3.63, 3.8) is 0 Å². The van der Waals surface area contributed by atoms with Gasteiger partial charge in [-0.2, -0.15) is 0 Å². The van der Waals surface area contributed by atoms with E-state index < -0.39 is 6.10 Å². The summed E-state index contributed by atoms with van der Waals surface area (Å²) in [5.41, 5.74) is 8.69. The highest BCUT2D eigenvalue weighted by atomic mass is 16.5. The van der Waals surface area contributed by atoms with Crippen LogP contribution < -0.4 is 10.6 Å². The highest BCUT2D eigenvalue weighted by Crippen LogP contribution is 2.25. The van der Waals surface area contributed by atoms with Gasteiger partial charge in [-0.1, -0.05) is 18.2 Å². The van der Waals surface area contributed by atoms with Crippen LogP contribution in [-0.2, 0) is 9.53 Å². The molecule has 2 aromatic carbocycles. The standard InChI is InChI=1S/C24H25N3O3/c1-16(20-13-18-5-2-3-7-22(18)26-14-20)30-24(29)17-8-10-21(11-9-17)27-12-4-6-19(15-27)23(25)28/h2-3,5,7-11,13-14,16,19H,4,6,12,15H2,1H3,(H2,25,28). The number of pyridine rings is 1. The Balaban J connectivity index is 1.42. The molecule has 0 spiro atoms. The molecule has 2 atom stereocenters. The van der Waals surface area contributed by atoms with E-state index in [9.17, 15) is 9.59 Å². The summed E-state index contributed by atoms with van der Waals surface area (Å²) in [4.78, 5) is 30.7. The molecule has 3 aromatic rings. The number of nitrogens with zero attached hydrogens (tertiary/aromatic N) is 2. The summed E-state index contributed by atoms with van der Waals surface area (Å²) in [6.07, 6.45) is 3.09. The van der Waals surface area contributed by atoms with Crippen LogP contribution in [0.4, 0.5) is 5.69 Å². The second-order valence-corrected chi connectivity index (χ2v) is 7.74. The summed E-state index contributed by atoms with van der Waals surface area (Å²) in [5, 5.41) is 1.01. The first-order valence-electron chi connectivity index (χ1n) is 10.2. The number of carbonyl (C=O) groups excluding carboxylic acids is 2. The first-order valence-corrected chi connectivity index (χ1v) is 10.2. The van der Waals surface area contributed by atoms with Crippen LogP contribution in [0.3, 0.4) is 0 Å². The molecule has 1 aliphatic rings. The Morgan fingerprint density at radius 2 is 1.93 bits per heavy atom. The monoisotopic (exact) mass is 403 g/mol. The number of carbonyl (C=O) groups is 2. The van der Waals surface area contributed by atoms with Gasteiger partial charge in [0, 0.05) is 35.9 Å². The number of fused-ring (bicyclic) bond motifs is 1. The Kier molecular flexibility index (Phi) is 5.65. The Morgan fingerprint density at radius 1 is 1.17 bits per heavy atom. The predicted octanol–water partition coefficient (Wildman–Crippen LogP) is 3.85. The lowest BCUT2D eigenvalue weighted by Crippen LogP contribution is -2.41. The maximum absolute atomic E-state index is 12.6. The number of rotatable bonds is 5. The lowest BCUT2D eigenvalue weighted by molar-refractivity contribution is -0.122. The smallest absolute Gasteiger partial charge is 0.338 e. The molecule has 6 heteroatoms. The molecule has 30 heavy (non-hydrogen) atoms. The minimum Gasteiger partial charge on any atom is -0.454 e.